The normalized spacial score (nSPS) is 10.8. The van der Waals surface area contributed by atoms with Crippen LogP contribution < -0.4 is 4.74 Å². The van der Waals surface area contributed by atoms with E-state index in [-0.39, 0.29) is 18.1 Å². The van der Waals surface area contributed by atoms with Crippen molar-refractivity contribution in [3.63, 3.8) is 0 Å². The van der Waals surface area contributed by atoms with E-state index < -0.39 is 12.6 Å². The molecule has 8 heteroatoms. The standard InChI is InChI=1S/C13H12F2N2O4/c14-13(15)20-9-4-1-3-8(7-9)12-17-16-10(21-12)5-2-6-11(18)19/h1,3-4,7,13H,2,5-6H2,(H,18,19). The second-order valence-corrected chi connectivity index (χ2v) is 4.15. The summed E-state index contributed by atoms with van der Waals surface area (Å²) in [5, 5.41) is 16.1. The van der Waals surface area contributed by atoms with Crippen molar-refractivity contribution in [2.24, 2.45) is 0 Å². The first-order chi connectivity index (χ1) is 10.0. The maximum absolute atomic E-state index is 12.1. The van der Waals surface area contributed by atoms with Gasteiger partial charge in [0.2, 0.25) is 11.8 Å². The number of carbonyl (C=O) groups is 1. The highest BCUT2D eigenvalue weighted by molar-refractivity contribution is 5.66. The number of rotatable bonds is 7. The van der Waals surface area contributed by atoms with E-state index in [2.05, 4.69) is 14.9 Å². The second kappa shape index (κ2) is 6.78. The Labute approximate surface area is 118 Å². The van der Waals surface area contributed by atoms with Crippen molar-refractivity contribution in [2.75, 3.05) is 0 Å². The van der Waals surface area contributed by atoms with E-state index in [0.29, 0.717) is 24.3 Å². The molecular formula is C13H12F2N2O4. The summed E-state index contributed by atoms with van der Waals surface area (Å²) in [5.41, 5.74) is 0.449. The van der Waals surface area contributed by atoms with Crippen molar-refractivity contribution in [3.8, 4) is 17.2 Å². The predicted molar refractivity (Wildman–Crippen MR) is 66.9 cm³/mol. The van der Waals surface area contributed by atoms with E-state index in [1.807, 2.05) is 0 Å². The van der Waals surface area contributed by atoms with Crippen LogP contribution in [0.4, 0.5) is 8.78 Å². The summed E-state index contributed by atoms with van der Waals surface area (Å²) in [6.07, 6.45) is 0.730. The van der Waals surface area contributed by atoms with Crippen LogP contribution in [0.15, 0.2) is 28.7 Å². The summed E-state index contributed by atoms with van der Waals surface area (Å²) in [6, 6.07) is 5.90. The van der Waals surface area contributed by atoms with Crippen LogP contribution >= 0.6 is 0 Å². The van der Waals surface area contributed by atoms with Crippen LogP contribution in [0.3, 0.4) is 0 Å². The van der Waals surface area contributed by atoms with Crippen LogP contribution in [0.2, 0.25) is 0 Å². The maximum Gasteiger partial charge on any atom is 0.387 e. The number of hydrogen-bond acceptors (Lipinski definition) is 5. The van der Waals surface area contributed by atoms with Gasteiger partial charge in [-0.3, -0.25) is 4.79 Å². The summed E-state index contributed by atoms with van der Waals surface area (Å²) >= 11 is 0. The number of hydrogen-bond donors (Lipinski definition) is 1. The Morgan fingerprint density at radius 3 is 2.90 bits per heavy atom. The first-order valence-corrected chi connectivity index (χ1v) is 6.14. The number of aryl methyl sites for hydroxylation is 1. The summed E-state index contributed by atoms with van der Waals surface area (Å²) in [5.74, 6) is -0.439. The Morgan fingerprint density at radius 1 is 1.38 bits per heavy atom. The molecule has 0 aliphatic carbocycles. The summed E-state index contributed by atoms with van der Waals surface area (Å²) < 4.78 is 33.9. The Balaban J connectivity index is 2.05. The SMILES string of the molecule is O=C(O)CCCc1nnc(-c2cccc(OC(F)F)c2)o1. The molecule has 1 heterocycles. The van der Waals surface area contributed by atoms with Crippen LogP contribution in [0.5, 0.6) is 5.75 Å². The number of carboxylic acid groups (broad SMARTS) is 1. The molecular weight excluding hydrogens is 286 g/mol. The molecule has 0 spiro atoms. The Hall–Kier alpha value is -2.51. The van der Waals surface area contributed by atoms with Crippen LogP contribution in [0.25, 0.3) is 11.5 Å². The average Bonchev–Trinajstić information content (AvgIpc) is 2.86. The molecule has 21 heavy (non-hydrogen) atoms. The number of nitrogens with zero attached hydrogens (tertiary/aromatic N) is 2. The minimum atomic E-state index is -2.91. The average molecular weight is 298 g/mol. The topological polar surface area (TPSA) is 85.5 Å². The summed E-state index contributed by atoms with van der Waals surface area (Å²) in [6.45, 7) is -2.91. The summed E-state index contributed by atoms with van der Waals surface area (Å²) in [7, 11) is 0. The lowest BCUT2D eigenvalue weighted by atomic mass is 10.2. The molecule has 2 aromatic rings. The monoisotopic (exact) mass is 298 g/mol. The van der Waals surface area contributed by atoms with Crippen LogP contribution in [0, 0.1) is 0 Å². The molecule has 0 aliphatic heterocycles. The lowest BCUT2D eigenvalue weighted by Gasteiger charge is -2.04. The van der Waals surface area contributed by atoms with Crippen molar-refractivity contribution in [2.45, 2.75) is 25.9 Å². The zero-order valence-electron chi connectivity index (χ0n) is 10.8. The smallest absolute Gasteiger partial charge is 0.387 e. The molecule has 0 fully saturated rings. The van der Waals surface area contributed by atoms with E-state index in [4.69, 9.17) is 9.52 Å². The molecule has 0 saturated carbocycles. The third-order valence-corrected chi connectivity index (χ3v) is 2.55. The van der Waals surface area contributed by atoms with Crippen LogP contribution in [-0.2, 0) is 11.2 Å². The highest BCUT2D eigenvalue weighted by Gasteiger charge is 2.11. The number of aromatic nitrogens is 2. The molecule has 0 saturated heterocycles. The molecule has 0 bridgehead atoms. The quantitative estimate of drug-likeness (QED) is 0.846. The minimum Gasteiger partial charge on any atom is -0.481 e. The second-order valence-electron chi connectivity index (χ2n) is 4.15. The Bertz CT molecular complexity index is 616. The minimum absolute atomic E-state index is 0.00636. The van der Waals surface area contributed by atoms with Gasteiger partial charge in [0.05, 0.1) is 0 Å². The number of ether oxygens (including phenoxy) is 1. The first kappa shape index (κ1) is 14.9. The van der Waals surface area contributed by atoms with Gasteiger partial charge in [-0.2, -0.15) is 8.78 Å². The number of halogens is 2. The molecule has 1 N–H and O–H groups in total. The van der Waals surface area contributed by atoms with Crippen molar-refractivity contribution in [1.82, 2.24) is 10.2 Å². The zero-order chi connectivity index (χ0) is 15.2. The molecule has 0 atom stereocenters. The van der Waals surface area contributed by atoms with Gasteiger partial charge in [-0.25, -0.2) is 0 Å². The number of aliphatic carboxylic acids is 1. The Morgan fingerprint density at radius 2 is 2.19 bits per heavy atom. The lowest BCUT2D eigenvalue weighted by Crippen LogP contribution is -2.01. The first-order valence-electron chi connectivity index (χ1n) is 6.14. The van der Waals surface area contributed by atoms with Gasteiger partial charge in [-0.15, -0.1) is 10.2 Å². The highest BCUT2D eigenvalue weighted by Crippen LogP contribution is 2.24. The fourth-order valence-corrected chi connectivity index (χ4v) is 1.67. The van der Waals surface area contributed by atoms with Crippen molar-refractivity contribution in [1.29, 1.82) is 0 Å². The van der Waals surface area contributed by atoms with Gasteiger partial charge in [0.25, 0.3) is 0 Å². The van der Waals surface area contributed by atoms with Crippen LogP contribution in [0.1, 0.15) is 18.7 Å². The lowest BCUT2D eigenvalue weighted by molar-refractivity contribution is -0.137. The summed E-state index contributed by atoms with van der Waals surface area (Å²) in [4.78, 5) is 10.4. The fourth-order valence-electron chi connectivity index (χ4n) is 1.67. The Kier molecular flexibility index (Phi) is 4.81. The van der Waals surface area contributed by atoms with E-state index in [1.54, 1.807) is 6.07 Å². The molecule has 2 rings (SSSR count). The van der Waals surface area contributed by atoms with Gasteiger partial charge >= 0.3 is 12.6 Å². The third-order valence-electron chi connectivity index (χ3n) is 2.55. The number of benzene rings is 1. The number of carboxylic acids is 1. The van der Waals surface area contributed by atoms with Crippen molar-refractivity contribution >= 4 is 5.97 Å². The zero-order valence-corrected chi connectivity index (χ0v) is 10.8. The molecule has 0 amide bonds. The molecule has 112 valence electrons. The van der Waals surface area contributed by atoms with E-state index in [0.717, 1.165) is 0 Å². The number of alkyl halides is 2. The van der Waals surface area contributed by atoms with E-state index in [9.17, 15) is 13.6 Å². The van der Waals surface area contributed by atoms with Gasteiger partial charge in [0.1, 0.15) is 5.75 Å². The molecule has 6 nitrogen and oxygen atoms in total. The predicted octanol–water partition coefficient (Wildman–Crippen LogP) is 2.75. The maximum atomic E-state index is 12.1. The largest absolute Gasteiger partial charge is 0.481 e. The van der Waals surface area contributed by atoms with E-state index in [1.165, 1.54) is 18.2 Å². The molecule has 1 aromatic carbocycles. The van der Waals surface area contributed by atoms with Crippen LogP contribution in [-0.4, -0.2) is 27.9 Å². The third kappa shape index (κ3) is 4.51. The molecule has 1 aromatic heterocycles. The van der Waals surface area contributed by atoms with Gasteiger partial charge in [-0.05, 0) is 24.6 Å². The van der Waals surface area contributed by atoms with Crippen molar-refractivity contribution < 1.29 is 27.8 Å². The molecule has 0 aliphatic rings. The van der Waals surface area contributed by atoms with Crippen molar-refractivity contribution in [3.05, 3.63) is 30.2 Å². The van der Waals surface area contributed by atoms with Gasteiger partial charge in [0.15, 0.2) is 0 Å². The molecule has 0 unspecified atom stereocenters. The highest BCUT2D eigenvalue weighted by atomic mass is 19.3. The fraction of sp³-hybridized carbons (Fsp3) is 0.308. The van der Waals surface area contributed by atoms with E-state index >= 15 is 0 Å². The van der Waals surface area contributed by atoms with Gasteiger partial charge < -0.3 is 14.3 Å². The van der Waals surface area contributed by atoms with Gasteiger partial charge in [0, 0.05) is 18.4 Å². The van der Waals surface area contributed by atoms with Gasteiger partial charge in [-0.1, -0.05) is 6.07 Å². The molecule has 0 radical (unpaired) electrons.